The summed E-state index contributed by atoms with van der Waals surface area (Å²) >= 11 is 1.17. The standard InChI is InChI=1S/C15H15FN2O6S2/c16-9-1-3-10(4-2-9)18-11-7-26(22,23)8-12(11)25-15(18)17-13(19)5-24-6-14(20)21/h1-4,11-12H,5-8H2,(H,20,21)/t11-,12+/m0/s1. The molecule has 0 radical (unpaired) electrons. The largest absolute Gasteiger partial charge is 0.480 e. The highest BCUT2D eigenvalue weighted by Gasteiger charge is 2.49. The van der Waals surface area contributed by atoms with Gasteiger partial charge in [-0.1, -0.05) is 11.8 Å². The van der Waals surface area contributed by atoms with E-state index in [1.807, 2.05) is 0 Å². The maximum Gasteiger partial charge on any atom is 0.329 e. The van der Waals surface area contributed by atoms with Crippen molar-refractivity contribution in [3.05, 3.63) is 30.1 Å². The van der Waals surface area contributed by atoms with Crippen molar-refractivity contribution in [2.45, 2.75) is 11.3 Å². The average molecular weight is 402 g/mol. The SMILES string of the molecule is O=C(O)COCC(=O)N=C1S[C@@H]2CS(=O)(=O)C[C@@H]2N1c1ccc(F)cc1. The lowest BCUT2D eigenvalue weighted by Gasteiger charge is -2.24. The number of halogens is 1. The first kappa shape index (κ1) is 18.8. The van der Waals surface area contributed by atoms with E-state index in [1.54, 1.807) is 4.90 Å². The number of nitrogens with zero attached hydrogens (tertiary/aromatic N) is 2. The van der Waals surface area contributed by atoms with E-state index in [-0.39, 0.29) is 16.8 Å². The van der Waals surface area contributed by atoms with Gasteiger partial charge >= 0.3 is 5.97 Å². The van der Waals surface area contributed by atoms with Gasteiger partial charge in [0, 0.05) is 10.9 Å². The molecule has 2 saturated heterocycles. The lowest BCUT2D eigenvalue weighted by Crippen LogP contribution is -2.37. The molecule has 140 valence electrons. The van der Waals surface area contributed by atoms with Gasteiger partial charge in [0.25, 0.3) is 5.91 Å². The molecule has 2 aliphatic rings. The van der Waals surface area contributed by atoms with Crippen LogP contribution in [0.5, 0.6) is 0 Å². The first-order valence-corrected chi connectivity index (χ1v) is 10.3. The Morgan fingerprint density at radius 1 is 1.27 bits per heavy atom. The van der Waals surface area contributed by atoms with Crippen LogP contribution in [0.2, 0.25) is 0 Å². The van der Waals surface area contributed by atoms with Gasteiger partial charge in [-0.2, -0.15) is 4.99 Å². The van der Waals surface area contributed by atoms with E-state index >= 15 is 0 Å². The topological polar surface area (TPSA) is 113 Å². The third-order valence-corrected chi connectivity index (χ3v) is 7.05. The number of ether oxygens (including phenoxy) is 1. The predicted molar refractivity (Wildman–Crippen MR) is 93.6 cm³/mol. The lowest BCUT2D eigenvalue weighted by atomic mass is 10.2. The van der Waals surface area contributed by atoms with E-state index in [1.165, 1.54) is 36.0 Å². The molecule has 2 fully saturated rings. The summed E-state index contributed by atoms with van der Waals surface area (Å²) in [6.07, 6.45) is 0. The number of hydrogen-bond acceptors (Lipinski definition) is 6. The van der Waals surface area contributed by atoms with Crippen molar-refractivity contribution in [1.82, 2.24) is 0 Å². The molecular formula is C15H15FN2O6S2. The molecule has 11 heteroatoms. The number of aliphatic imine (C=N–C) groups is 1. The summed E-state index contributed by atoms with van der Waals surface area (Å²) in [7, 11) is -3.20. The number of carboxylic acid groups (broad SMARTS) is 1. The molecule has 0 unspecified atom stereocenters. The van der Waals surface area contributed by atoms with Crippen LogP contribution in [0.3, 0.4) is 0 Å². The molecule has 0 aliphatic carbocycles. The van der Waals surface area contributed by atoms with Gasteiger partial charge in [-0.25, -0.2) is 17.6 Å². The maximum atomic E-state index is 13.2. The minimum absolute atomic E-state index is 0.0250. The third-order valence-electron chi connectivity index (χ3n) is 3.84. The van der Waals surface area contributed by atoms with Crippen molar-refractivity contribution < 1.29 is 32.2 Å². The van der Waals surface area contributed by atoms with Crippen LogP contribution in [0.25, 0.3) is 0 Å². The van der Waals surface area contributed by atoms with E-state index in [9.17, 15) is 22.4 Å². The Labute approximate surface area is 153 Å². The number of hydrogen-bond donors (Lipinski definition) is 1. The Bertz CT molecular complexity index is 855. The maximum absolute atomic E-state index is 13.2. The quantitative estimate of drug-likeness (QED) is 0.759. The average Bonchev–Trinajstić information content (AvgIpc) is 2.99. The van der Waals surface area contributed by atoms with E-state index < -0.39 is 46.8 Å². The molecule has 2 atom stereocenters. The van der Waals surface area contributed by atoms with Crippen LogP contribution in [0.1, 0.15) is 0 Å². The van der Waals surface area contributed by atoms with Crippen LogP contribution >= 0.6 is 11.8 Å². The van der Waals surface area contributed by atoms with Crippen molar-refractivity contribution in [3.8, 4) is 0 Å². The molecule has 0 bridgehead atoms. The molecule has 26 heavy (non-hydrogen) atoms. The summed E-state index contributed by atoms with van der Waals surface area (Å²) in [5, 5.41) is 8.53. The van der Waals surface area contributed by atoms with Crippen LogP contribution in [0.15, 0.2) is 29.3 Å². The number of sulfone groups is 1. The molecule has 0 aromatic heterocycles. The van der Waals surface area contributed by atoms with Crippen molar-refractivity contribution in [3.63, 3.8) is 0 Å². The van der Waals surface area contributed by atoms with E-state index in [4.69, 9.17) is 9.84 Å². The summed E-state index contributed by atoms with van der Waals surface area (Å²) in [5.41, 5.74) is 0.529. The molecule has 1 amide bonds. The van der Waals surface area contributed by atoms with Crippen LogP contribution in [-0.4, -0.2) is 66.6 Å². The second-order valence-corrected chi connectivity index (χ2v) is 9.18. The zero-order valence-electron chi connectivity index (χ0n) is 13.4. The number of amides is 1. The van der Waals surface area contributed by atoms with Crippen molar-refractivity contribution >= 4 is 44.3 Å². The summed E-state index contributed by atoms with van der Waals surface area (Å²) in [6.45, 7) is -1.11. The summed E-state index contributed by atoms with van der Waals surface area (Å²) < 4.78 is 41.8. The Balaban J connectivity index is 1.84. The van der Waals surface area contributed by atoms with E-state index in [0.29, 0.717) is 10.9 Å². The number of carboxylic acids is 1. The van der Waals surface area contributed by atoms with E-state index in [0.717, 1.165) is 0 Å². The first-order valence-electron chi connectivity index (χ1n) is 7.58. The summed E-state index contributed by atoms with van der Waals surface area (Å²) in [6, 6.07) is 5.06. The fourth-order valence-corrected chi connectivity index (χ4v) is 6.76. The number of amidine groups is 1. The Hall–Kier alpha value is -1.98. The molecule has 0 saturated carbocycles. The van der Waals surface area contributed by atoms with Gasteiger partial charge in [-0.15, -0.1) is 0 Å². The Kier molecular flexibility index (Phi) is 5.30. The highest BCUT2D eigenvalue weighted by molar-refractivity contribution is 8.16. The number of fused-ring (bicyclic) bond motifs is 1. The van der Waals surface area contributed by atoms with Gasteiger partial charge < -0.3 is 14.7 Å². The van der Waals surface area contributed by atoms with Gasteiger partial charge in [-0.05, 0) is 24.3 Å². The molecule has 2 aliphatic heterocycles. The number of anilines is 1. The number of aliphatic carboxylic acids is 1. The van der Waals surface area contributed by atoms with Crippen molar-refractivity contribution in [2.75, 3.05) is 29.6 Å². The number of rotatable bonds is 5. The van der Waals surface area contributed by atoms with E-state index in [2.05, 4.69) is 4.99 Å². The Morgan fingerprint density at radius 3 is 2.62 bits per heavy atom. The first-order chi connectivity index (χ1) is 12.2. The fraction of sp³-hybridized carbons (Fsp3) is 0.400. The van der Waals surface area contributed by atoms with Crippen LogP contribution in [0, 0.1) is 5.82 Å². The number of carbonyl (C=O) groups is 2. The highest BCUT2D eigenvalue weighted by Crippen LogP contribution is 2.40. The van der Waals surface area contributed by atoms with Gasteiger partial charge in [0.1, 0.15) is 19.0 Å². The predicted octanol–water partition coefficient (Wildman–Crippen LogP) is 0.528. The van der Waals surface area contributed by atoms with Crippen LogP contribution in [-0.2, 0) is 24.2 Å². The Morgan fingerprint density at radius 2 is 1.96 bits per heavy atom. The molecule has 1 aromatic rings. The number of carbonyl (C=O) groups excluding carboxylic acids is 1. The summed E-state index contributed by atoms with van der Waals surface area (Å²) in [5.74, 6) is -2.42. The van der Waals surface area contributed by atoms with Gasteiger partial charge in [0.15, 0.2) is 15.0 Å². The van der Waals surface area contributed by atoms with Crippen LogP contribution in [0.4, 0.5) is 10.1 Å². The second-order valence-electron chi connectivity index (χ2n) is 5.82. The monoisotopic (exact) mass is 402 g/mol. The molecule has 3 rings (SSSR count). The molecule has 1 N–H and O–H groups in total. The lowest BCUT2D eigenvalue weighted by molar-refractivity contribution is -0.143. The molecule has 2 heterocycles. The molecule has 8 nitrogen and oxygen atoms in total. The molecule has 0 spiro atoms. The minimum atomic E-state index is -3.20. The summed E-state index contributed by atoms with van der Waals surface area (Å²) in [4.78, 5) is 27.9. The molecule has 1 aromatic carbocycles. The minimum Gasteiger partial charge on any atom is -0.480 e. The third kappa shape index (κ3) is 4.22. The number of benzene rings is 1. The zero-order chi connectivity index (χ0) is 18.9. The van der Waals surface area contributed by atoms with Gasteiger partial charge in [0.2, 0.25) is 0 Å². The highest BCUT2D eigenvalue weighted by atomic mass is 32.2. The smallest absolute Gasteiger partial charge is 0.329 e. The second kappa shape index (κ2) is 7.33. The van der Waals surface area contributed by atoms with Gasteiger partial charge in [-0.3, -0.25) is 4.79 Å². The zero-order valence-corrected chi connectivity index (χ0v) is 15.0. The van der Waals surface area contributed by atoms with Crippen molar-refractivity contribution in [1.29, 1.82) is 0 Å². The van der Waals surface area contributed by atoms with Gasteiger partial charge in [0.05, 0.1) is 17.5 Å². The fourth-order valence-electron chi connectivity index (χ4n) is 2.83. The van der Waals surface area contributed by atoms with Crippen LogP contribution < -0.4 is 4.90 Å². The normalized spacial score (nSPS) is 25.4. The number of thioether (sulfide) groups is 1. The van der Waals surface area contributed by atoms with Crippen molar-refractivity contribution in [2.24, 2.45) is 4.99 Å². The molecular weight excluding hydrogens is 387 g/mol.